The largest absolute Gasteiger partial charge is 0.507 e. The lowest BCUT2D eigenvalue weighted by Crippen LogP contribution is -2.56. The van der Waals surface area contributed by atoms with Crippen molar-refractivity contribution in [2.45, 2.75) is 268 Å². The number of hydrogen-bond acceptors (Lipinski definition) is 4. The topological polar surface area (TPSA) is 60.8 Å². The number of aromatic hydroxyl groups is 1. The molecule has 0 unspecified atom stereocenters. The number of nitrogens with zero attached hydrogens (tertiary/aromatic N) is 1. The van der Waals surface area contributed by atoms with Crippen molar-refractivity contribution in [3.8, 4) is 29.6 Å². The van der Waals surface area contributed by atoms with E-state index < -0.39 is 8.07 Å². The Morgan fingerprint density at radius 1 is 0.657 bits per heavy atom. The average Bonchev–Trinajstić information content (AvgIpc) is 3.23. The van der Waals surface area contributed by atoms with Crippen LogP contribution in [0.3, 0.4) is 0 Å². The highest BCUT2D eigenvalue weighted by Gasteiger charge is 2.40. The van der Waals surface area contributed by atoms with E-state index in [2.05, 4.69) is 167 Å². The molecule has 1 aromatic rings. The van der Waals surface area contributed by atoms with Crippen LogP contribution in [0.5, 0.6) is 5.75 Å². The number of piperidine rings is 1. The zero-order chi connectivity index (χ0) is 51.2. The first-order chi connectivity index (χ1) is 30.8. The van der Waals surface area contributed by atoms with E-state index in [0.717, 1.165) is 64.5 Å². The van der Waals surface area contributed by atoms with Crippen molar-refractivity contribution in [1.29, 1.82) is 0 Å². The van der Waals surface area contributed by atoms with Gasteiger partial charge in [-0.15, -0.1) is 23.8 Å². The van der Waals surface area contributed by atoms with Crippen LogP contribution in [0.2, 0.25) is 18.1 Å². The third-order valence-corrected chi connectivity index (χ3v) is 19.9. The molecule has 378 valence electrons. The highest BCUT2D eigenvalue weighted by molar-refractivity contribution is 6.87. The van der Waals surface area contributed by atoms with Crippen molar-refractivity contribution < 1.29 is 15.1 Å². The molecule has 2 N–H and O–H groups in total. The molecule has 1 saturated heterocycles. The highest BCUT2D eigenvalue weighted by Crippen LogP contribution is 2.43. The Balaban J connectivity index is 0.000000352. The molecule has 5 rings (SSSR count). The van der Waals surface area contributed by atoms with Gasteiger partial charge in [0.25, 0.3) is 0 Å². The number of phenolic OH excluding ortho intramolecular Hbond substituents is 1. The van der Waals surface area contributed by atoms with Crippen LogP contribution < -0.4 is 0 Å². The molecule has 3 aliphatic carbocycles. The predicted molar refractivity (Wildman–Crippen MR) is 295 cm³/mol. The second-order valence-electron chi connectivity index (χ2n) is 26.1. The Kier molecular flexibility index (Phi) is 22.8. The monoisotopic (exact) mass is 938 g/mol. The quantitative estimate of drug-likeness (QED) is 0.220. The average molecular weight is 939 g/mol. The molecule has 0 spiro atoms. The van der Waals surface area contributed by atoms with Crippen molar-refractivity contribution in [3.63, 3.8) is 0 Å². The molecule has 67 heavy (non-hydrogen) atoms. The second-order valence-corrected chi connectivity index (χ2v) is 31.0. The van der Waals surface area contributed by atoms with E-state index in [4.69, 9.17) is 6.42 Å². The Morgan fingerprint density at radius 2 is 1.04 bits per heavy atom. The van der Waals surface area contributed by atoms with Gasteiger partial charge >= 0.3 is 0 Å². The predicted octanol–water partition coefficient (Wildman–Crippen LogP) is 17.9. The van der Waals surface area contributed by atoms with Gasteiger partial charge in [0.1, 0.15) is 13.8 Å². The fraction of sp³-hybridized carbons (Fsp3) is 0.726. The van der Waals surface area contributed by atoms with Crippen LogP contribution in [0.15, 0.2) is 41.0 Å². The molecular formula is C62H103NO3Si. The van der Waals surface area contributed by atoms with Crippen LogP contribution >= 0.6 is 0 Å². The van der Waals surface area contributed by atoms with Crippen LogP contribution in [-0.4, -0.2) is 40.3 Å². The number of benzene rings is 1. The number of carbonyl (C=O) groups is 1. The first kappa shape index (κ1) is 60.3. The maximum Gasteiger partial charge on any atom is 0.186 e. The van der Waals surface area contributed by atoms with E-state index in [0.29, 0.717) is 5.75 Å². The molecule has 0 amide bonds. The molecule has 2 saturated carbocycles. The molecule has 4 aliphatic rings. The number of rotatable bonds is 6. The number of hydrogen-bond donors (Lipinski definition) is 2. The Labute approximate surface area is 416 Å². The van der Waals surface area contributed by atoms with Crippen LogP contribution in [0.25, 0.3) is 6.08 Å². The molecule has 1 aliphatic heterocycles. The van der Waals surface area contributed by atoms with Gasteiger partial charge in [-0.25, -0.2) is 0 Å². The van der Waals surface area contributed by atoms with Gasteiger partial charge in [0.05, 0.1) is 0 Å². The van der Waals surface area contributed by atoms with E-state index in [-0.39, 0.29) is 38.5 Å². The number of phenols is 1. The molecule has 0 radical (unpaired) electrons. The molecular weight excluding hydrogens is 835 g/mol. The lowest BCUT2D eigenvalue weighted by atomic mass is 9.71. The smallest absolute Gasteiger partial charge is 0.186 e. The SMILES string of the molecule is C#CCC1CCCCC1.CC(C)(C)C1=CC(=Cc2cc(C(C)(C)C)c(O)c(C(C)(C)C)c2)C=C(C(C)(C)C)C1=O.CC1(C)CCCC(C)(C)N1O.CC[Si](C#CCC1CCCCC1)(CC)CC. The van der Waals surface area contributed by atoms with Gasteiger partial charge in [-0.1, -0.05) is 142 Å². The number of Topliss-reactive ketones (excluding diaryl/α,β-unsaturated/α-hetero) is 1. The normalized spacial score (nSPS) is 19.6. The molecule has 0 aromatic heterocycles. The van der Waals surface area contributed by atoms with Gasteiger partial charge in [0.2, 0.25) is 0 Å². The number of allylic oxidation sites excluding steroid dienone is 5. The summed E-state index contributed by atoms with van der Waals surface area (Å²) in [5, 5.41) is 22.3. The van der Waals surface area contributed by atoms with E-state index in [1.54, 1.807) is 0 Å². The van der Waals surface area contributed by atoms with E-state index in [1.165, 1.54) is 100 Å². The molecule has 5 heteroatoms. The van der Waals surface area contributed by atoms with Gasteiger partial charge in [-0.2, -0.15) is 5.06 Å². The number of terminal acetylenes is 1. The number of carbonyl (C=O) groups excluding carboxylic acids is 1. The first-order valence-corrected chi connectivity index (χ1v) is 29.4. The molecule has 4 nitrogen and oxygen atoms in total. The van der Waals surface area contributed by atoms with Crippen LogP contribution in [0.4, 0.5) is 0 Å². The number of hydroxylamine groups is 2. The molecule has 1 heterocycles. The summed E-state index contributed by atoms with van der Waals surface area (Å²) < 4.78 is 0. The summed E-state index contributed by atoms with van der Waals surface area (Å²) >= 11 is 0. The third kappa shape index (κ3) is 18.8. The molecule has 0 bridgehead atoms. The summed E-state index contributed by atoms with van der Waals surface area (Å²) in [6, 6.07) is 8.21. The van der Waals surface area contributed by atoms with Gasteiger partial charge < -0.3 is 10.3 Å². The van der Waals surface area contributed by atoms with Crippen molar-refractivity contribution in [3.05, 3.63) is 57.7 Å². The number of ketones is 1. The van der Waals surface area contributed by atoms with Crippen molar-refractivity contribution in [2.75, 3.05) is 0 Å². The highest BCUT2D eigenvalue weighted by atomic mass is 28.3. The Bertz CT molecular complexity index is 1830. The van der Waals surface area contributed by atoms with Gasteiger partial charge in [-0.05, 0) is 166 Å². The summed E-state index contributed by atoms with van der Waals surface area (Å²) in [4.78, 5) is 13.2. The maximum absolute atomic E-state index is 13.2. The van der Waals surface area contributed by atoms with E-state index >= 15 is 0 Å². The maximum atomic E-state index is 13.2. The fourth-order valence-electron chi connectivity index (χ4n) is 10.3. The van der Waals surface area contributed by atoms with Crippen molar-refractivity contribution in [2.24, 2.45) is 22.7 Å². The summed E-state index contributed by atoms with van der Waals surface area (Å²) in [5.74, 6) is 8.63. The summed E-state index contributed by atoms with van der Waals surface area (Å²) in [6.45, 7) is 40.7. The van der Waals surface area contributed by atoms with Crippen LogP contribution in [-0.2, 0) is 15.6 Å². The Morgan fingerprint density at radius 3 is 1.37 bits per heavy atom. The van der Waals surface area contributed by atoms with Gasteiger partial charge in [0, 0.05) is 46.2 Å². The summed E-state index contributed by atoms with van der Waals surface area (Å²) in [7, 11) is -1.16. The summed E-state index contributed by atoms with van der Waals surface area (Å²) in [6.07, 6.45) is 31.3. The fourth-order valence-corrected chi connectivity index (χ4v) is 12.8. The minimum atomic E-state index is -1.16. The standard InChI is InChI=1S/C29H42O2.C15H28Si.C9H19NO.C9H14/c1-26(2,3)20-14-18(15-21(24(20)30)27(4,5)6)13-19-16-22(28(7,8)9)25(31)23(17-19)29(10,11)12;1-4-16(5-2,6-3)14-10-13-15-11-8-7-9-12-15;1-8(2)6-5-7-9(3,4)10(8)11;1-2-6-9-7-4-3-5-8-9/h13-17,30H,1-12H3;15H,4-9,11-13H2,1-3H3;11H,5-7H2,1-4H3;1,9H,3-8H2. The van der Waals surface area contributed by atoms with Gasteiger partial charge in [0.15, 0.2) is 5.78 Å². The van der Waals surface area contributed by atoms with Crippen LogP contribution in [0, 0.1) is 46.5 Å². The lowest BCUT2D eigenvalue weighted by Gasteiger charge is -2.48. The minimum absolute atomic E-state index is 0.0399. The lowest BCUT2D eigenvalue weighted by molar-refractivity contribution is -0.241. The first-order valence-electron chi connectivity index (χ1n) is 26.8. The zero-order valence-electron chi connectivity index (χ0n) is 47.1. The molecule has 0 atom stereocenters. The molecule has 1 aromatic carbocycles. The minimum Gasteiger partial charge on any atom is -0.507 e. The van der Waals surface area contributed by atoms with E-state index in [1.807, 2.05) is 12.2 Å². The van der Waals surface area contributed by atoms with Gasteiger partial charge in [-0.3, -0.25) is 4.79 Å². The second kappa shape index (κ2) is 25.3. The molecule has 3 fully saturated rings. The van der Waals surface area contributed by atoms with Crippen molar-refractivity contribution in [1.82, 2.24) is 5.06 Å². The van der Waals surface area contributed by atoms with Crippen molar-refractivity contribution >= 4 is 19.9 Å². The van der Waals surface area contributed by atoms with Crippen LogP contribution in [0.1, 0.15) is 245 Å². The summed E-state index contributed by atoms with van der Waals surface area (Å²) in [5.41, 5.74) is 8.46. The third-order valence-electron chi connectivity index (χ3n) is 15.2. The Hall–Kier alpha value is -2.83. The van der Waals surface area contributed by atoms with E-state index in [9.17, 15) is 15.1 Å². The zero-order valence-corrected chi connectivity index (χ0v) is 48.1.